The van der Waals surface area contributed by atoms with E-state index in [1.165, 1.54) is 0 Å². The van der Waals surface area contributed by atoms with E-state index in [1.54, 1.807) is 22.7 Å². The van der Waals surface area contributed by atoms with Crippen LogP contribution in [0.25, 0.3) is 16.8 Å². The molecule has 0 spiro atoms. The van der Waals surface area contributed by atoms with E-state index in [1.807, 2.05) is 0 Å². The second-order valence-electron chi connectivity index (χ2n) is 7.32. The van der Waals surface area contributed by atoms with Crippen LogP contribution in [0.3, 0.4) is 0 Å². The first-order valence-corrected chi connectivity index (χ1v) is 9.84. The third-order valence-corrected chi connectivity index (χ3v) is 5.17. The summed E-state index contributed by atoms with van der Waals surface area (Å²) in [5, 5.41) is 21.5. The van der Waals surface area contributed by atoms with Crippen LogP contribution in [0.2, 0.25) is 0 Å². The molecule has 2 N–H and O–H groups in total. The summed E-state index contributed by atoms with van der Waals surface area (Å²) in [5.41, 5.74) is 0.347. The number of benzene rings is 1. The van der Waals surface area contributed by atoms with Gasteiger partial charge in [-0.25, -0.2) is 0 Å². The summed E-state index contributed by atoms with van der Waals surface area (Å²) in [6, 6.07) is 6.01. The highest BCUT2D eigenvalue weighted by Crippen LogP contribution is 2.38. The fourth-order valence-corrected chi connectivity index (χ4v) is 3.77. The highest BCUT2D eigenvalue weighted by atomic mass is 19.4. The molecule has 12 heteroatoms. The van der Waals surface area contributed by atoms with Gasteiger partial charge in [0.1, 0.15) is 17.2 Å². The first kappa shape index (κ1) is 22.1. The third kappa shape index (κ3) is 4.85. The van der Waals surface area contributed by atoms with Crippen molar-refractivity contribution in [3.05, 3.63) is 36.5 Å². The average molecular weight is 458 g/mol. The molecule has 0 unspecified atom stereocenters. The topological polar surface area (TPSA) is 80.9 Å². The molecule has 1 aliphatic carbocycles. The summed E-state index contributed by atoms with van der Waals surface area (Å²) in [6.45, 7) is -3.21. The number of nitrogens with one attached hydrogen (secondary N) is 1. The monoisotopic (exact) mass is 458 g/mol. The molecular weight excluding hydrogens is 439 g/mol. The quantitative estimate of drug-likeness (QED) is 0.525. The highest BCUT2D eigenvalue weighted by Gasteiger charge is 2.33. The molecule has 2 atom stereocenters. The van der Waals surface area contributed by atoms with Gasteiger partial charge in [0.25, 0.3) is 0 Å². The van der Waals surface area contributed by atoms with Gasteiger partial charge in [-0.05, 0) is 37.1 Å². The molecule has 1 aliphatic rings. The van der Waals surface area contributed by atoms with Gasteiger partial charge >= 0.3 is 13.0 Å². The summed E-state index contributed by atoms with van der Waals surface area (Å²) in [5.74, 6) is -0.931. The van der Waals surface area contributed by atoms with Gasteiger partial charge in [-0.2, -0.15) is 8.78 Å². The molecular formula is C20H19F5N4O3. The van der Waals surface area contributed by atoms with Crippen molar-refractivity contribution >= 4 is 11.5 Å². The summed E-state index contributed by atoms with van der Waals surface area (Å²) in [7, 11) is 0. The summed E-state index contributed by atoms with van der Waals surface area (Å²) in [4.78, 5) is 0. The van der Waals surface area contributed by atoms with Gasteiger partial charge in [0.2, 0.25) is 5.95 Å². The lowest BCUT2D eigenvalue weighted by molar-refractivity contribution is -0.274. The molecule has 32 heavy (non-hydrogen) atoms. The Balaban J connectivity index is 1.74. The van der Waals surface area contributed by atoms with Gasteiger partial charge in [0.15, 0.2) is 0 Å². The largest absolute Gasteiger partial charge is 0.573 e. The normalized spacial score (nSPS) is 19.3. The molecule has 2 aromatic heterocycles. The molecule has 0 bridgehead atoms. The Morgan fingerprint density at radius 3 is 2.62 bits per heavy atom. The smallest absolute Gasteiger partial charge is 0.435 e. The van der Waals surface area contributed by atoms with Crippen molar-refractivity contribution in [3.8, 4) is 22.8 Å². The van der Waals surface area contributed by atoms with Crippen molar-refractivity contribution in [2.45, 2.75) is 50.8 Å². The number of hydrogen-bond donors (Lipinski definition) is 2. The predicted octanol–water partition coefficient (Wildman–Crippen LogP) is 4.61. The number of aliphatic hydroxyl groups is 1. The summed E-state index contributed by atoms with van der Waals surface area (Å²) >= 11 is 0. The highest BCUT2D eigenvalue weighted by molar-refractivity contribution is 5.81. The van der Waals surface area contributed by atoms with E-state index in [2.05, 4.69) is 25.0 Å². The van der Waals surface area contributed by atoms with Crippen molar-refractivity contribution in [3.63, 3.8) is 0 Å². The summed E-state index contributed by atoms with van der Waals surface area (Å²) < 4.78 is 73.7. The van der Waals surface area contributed by atoms with Gasteiger partial charge in [-0.3, -0.25) is 4.40 Å². The molecule has 1 saturated carbocycles. The number of anilines is 1. The van der Waals surface area contributed by atoms with Crippen LogP contribution in [0.4, 0.5) is 27.9 Å². The number of aliphatic hydroxyl groups excluding tert-OH is 1. The number of rotatable bonds is 6. The van der Waals surface area contributed by atoms with Crippen molar-refractivity contribution in [1.82, 2.24) is 14.6 Å². The van der Waals surface area contributed by atoms with E-state index in [-0.39, 0.29) is 17.3 Å². The zero-order chi connectivity index (χ0) is 22.9. The van der Waals surface area contributed by atoms with E-state index >= 15 is 0 Å². The average Bonchev–Trinajstić information content (AvgIpc) is 3.19. The zero-order valence-corrected chi connectivity index (χ0v) is 16.5. The van der Waals surface area contributed by atoms with Crippen molar-refractivity contribution in [2.24, 2.45) is 0 Å². The Bertz CT molecular complexity index is 1090. The van der Waals surface area contributed by atoms with Crippen LogP contribution in [0.15, 0.2) is 36.5 Å². The van der Waals surface area contributed by atoms with Gasteiger partial charge in [0.05, 0.1) is 17.7 Å². The molecule has 0 radical (unpaired) electrons. The zero-order valence-electron chi connectivity index (χ0n) is 16.5. The lowest BCUT2D eigenvalue weighted by atomic mass is 9.93. The number of aromatic nitrogens is 3. The number of nitrogens with zero attached hydrogens (tertiary/aromatic N) is 3. The Labute approximate surface area is 178 Å². The van der Waals surface area contributed by atoms with Crippen LogP contribution in [-0.4, -0.2) is 44.8 Å². The van der Waals surface area contributed by atoms with E-state index in [0.29, 0.717) is 17.9 Å². The number of fused-ring (bicyclic) bond motifs is 1. The molecule has 1 fully saturated rings. The van der Waals surface area contributed by atoms with E-state index < -0.39 is 30.6 Å². The minimum atomic E-state index is -5.07. The first-order valence-electron chi connectivity index (χ1n) is 9.84. The van der Waals surface area contributed by atoms with Crippen LogP contribution in [0.5, 0.6) is 11.5 Å². The fourth-order valence-electron chi connectivity index (χ4n) is 3.77. The SMILES string of the molecule is O[C@@H]1CCCC[C@H]1Nc1nnc(-c2ccc(OC(F)F)cc2OC(F)(F)F)c2cccn12. The molecule has 3 aromatic rings. The molecule has 172 valence electrons. The molecule has 4 rings (SSSR count). The van der Waals surface area contributed by atoms with Crippen LogP contribution in [0.1, 0.15) is 25.7 Å². The van der Waals surface area contributed by atoms with Crippen LogP contribution in [-0.2, 0) is 0 Å². The fraction of sp³-hybridized carbons (Fsp3) is 0.400. The molecule has 1 aromatic carbocycles. The molecule has 0 aliphatic heterocycles. The number of alkyl halides is 5. The second-order valence-corrected chi connectivity index (χ2v) is 7.32. The lowest BCUT2D eigenvalue weighted by Gasteiger charge is -2.28. The maximum Gasteiger partial charge on any atom is 0.573 e. The first-order chi connectivity index (χ1) is 15.2. The maximum atomic E-state index is 13.0. The van der Waals surface area contributed by atoms with Gasteiger partial charge in [-0.1, -0.05) is 12.8 Å². The Morgan fingerprint density at radius 2 is 1.91 bits per heavy atom. The minimum absolute atomic E-state index is 0.0487. The van der Waals surface area contributed by atoms with E-state index in [0.717, 1.165) is 37.5 Å². The minimum Gasteiger partial charge on any atom is -0.435 e. The maximum absolute atomic E-state index is 13.0. The summed E-state index contributed by atoms with van der Waals surface area (Å²) in [6.07, 6.45) is -0.709. The number of halogens is 5. The molecule has 0 amide bonds. The van der Waals surface area contributed by atoms with Gasteiger partial charge < -0.3 is 19.9 Å². The van der Waals surface area contributed by atoms with E-state index in [9.17, 15) is 27.1 Å². The number of ether oxygens (including phenoxy) is 2. The number of hydrogen-bond acceptors (Lipinski definition) is 6. The van der Waals surface area contributed by atoms with Crippen LogP contribution < -0.4 is 14.8 Å². The van der Waals surface area contributed by atoms with Crippen molar-refractivity contribution in [2.75, 3.05) is 5.32 Å². The third-order valence-electron chi connectivity index (χ3n) is 5.17. The van der Waals surface area contributed by atoms with Crippen LogP contribution in [0, 0.1) is 0 Å². The Kier molecular flexibility index (Phi) is 6.04. The molecule has 0 saturated heterocycles. The van der Waals surface area contributed by atoms with Crippen molar-refractivity contribution in [1.29, 1.82) is 0 Å². The molecule has 2 heterocycles. The van der Waals surface area contributed by atoms with E-state index in [4.69, 9.17) is 0 Å². The van der Waals surface area contributed by atoms with Crippen molar-refractivity contribution < 1.29 is 36.5 Å². The predicted molar refractivity (Wildman–Crippen MR) is 104 cm³/mol. The van der Waals surface area contributed by atoms with Gasteiger partial charge in [0, 0.05) is 17.8 Å². The second kappa shape index (κ2) is 8.77. The standard InChI is InChI=1S/C20H19F5N4O3/c21-18(22)31-11-7-8-12(16(10-11)32-20(23,24)25)17-14-5-3-9-29(14)19(28-27-17)26-13-4-1-2-6-15(13)30/h3,5,7-10,13,15,18,30H,1-2,4,6H2,(H,26,28)/t13-,15-/m1/s1. The van der Waals surface area contributed by atoms with Gasteiger partial charge in [-0.15, -0.1) is 23.4 Å². The molecule has 7 nitrogen and oxygen atoms in total. The van der Waals surface area contributed by atoms with Crippen LogP contribution >= 0.6 is 0 Å². The Hall–Kier alpha value is -3.15. The lowest BCUT2D eigenvalue weighted by Crippen LogP contribution is -2.37. The Morgan fingerprint density at radius 1 is 1.12 bits per heavy atom.